The Morgan fingerprint density at radius 1 is 0.923 bits per heavy atom. The van der Waals surface area contributed by atoms with Crippen molar-refractivity contribution in [2.75, 3.05) is 5.32 Å². The van der Waals surface area contributed by atoms with Crippen LogP contribution in [0.3, 0.4) is 0 Å². The van der Waals surface area contributed by atoms with Crippen molar-refractivity contribution in [3.63, 3.8) is 0 Å². The number of amides is 1. The van der Waals surface area contributed by atoms with Gasteiger partial charge in [-0.1, -0.05) is 24.3 Å². The van der Waals surface area contributed by atoms with Crippen molar-refractivity contribution in [3.8, 4) is 22.8 Å². The molecule has 2 aromatic heterocycles. The van der Waals surface area contributed by atoms with Crippen LogP contribution >= 0.6 is 0 Å². The van der Waals surface area contributed by atoms with Crippen molar-refractivity contribution in [2.45, 2.75) is 0 Å². The van der Waals surface area contributed by atoms with Crippen molar-refractivity contribution in [2.24, 2.45) is 0 Å². The van der Waals surface area contributed by atoms with Crippen LogP contribution in [0.15, 0.2) is 67.0 Å². The number of carbonyl (C=O) groups excluding carboxylic acids is 1. The average Bonchev–Trinajstić information content (AvgIpc) is 3.24. The zero-order valence-corrected chi connectivity index (χ0v) is 13.5. The molecule has 0 aliphatic rings. The number of H-pyrrole nitrogens is 1. The topological polar surface area (TPSA) is 109 Å². The lowest BCUT2D eigenvalue weighted by molar-refractivity contribution is 0.102. The van der Waals surface area contributed by atoms with E-state index in [4.69, 9.17) is 0 Å². The highest BCUT2D eigenvalue weighted by Crippen LogP contribution is 2.20. The van der Waals surface area contributed by atoms with Gasteiger partial charge in [0.2, 0.25) is 0 Å². The van der Waals surface area contributed by atoms with Crippen molar-refractivity contribution in [1.82, 2.24) is 30.6 Å². The van der Waals surface area contributed by atoms with Gasteiger partial charge in [-0.2, -0.15) is 0 Å². The van der Waals surface area contributed by atoms with Crippen LogP contribution < -0.4 is 5.32 Å². The number of anilines is 1. The molecule has 0 saturated heterocycles. The van der Waals surface area contributed by atoms with Gasteiger partial charge in [0.15, 0.2) is 11.6 Å². The fourth-order valence-electron chi connectivity index (χ4n) is 2.48. The smallest absolute Gasteiger partial charge is 0.255 e. The highest BCUT2D eigenvalue weighted by molar-refractivity contribution is 6.05. The number of rotatable bonds is 4. The molecule has 4 aromatic rings. The molecule has 0 unspecified atom stereocenters. The third-order valence-corrected chi connectivity index (χ3v) is 3.69. The summed E-state index contributed by atoms with van der Waals surface area (Å²) in [6.07, 6.45) is 3.33. The van der Waals surface area contributed by atoms with E-state index in [-0.39, 0.29) is 5.91 Å². The minimum absolute atomic E-state index is 0.226. The Hall–Kier alpha value is -3.94. The molecule has 0 fully saturated rings. The molecule has 0 bridgehead atoms. The maximum atomic E-state index is 12.6. The number of hydrogen-bond acceptors (Lipinski definition) is 6. The molecule has 2 aromatic carbocycles. The zero-order valence-electron chi connectivity index (χ0n) is 13.5. The van der Waals surface area contributed by atoms with Crippen LogP contribution in [0.25, 0.3) is 22.8 Å². The summed E-state index contributed by atoms with van der Waals surface area (Å²) in [5, 5.41) is 16.5. The first-order valence-corrected chi connectivity index (χ1v) is 7.82. The SMILES string of the molecule is O=C(Nc1cccc(-c2nnn[nH]2)c1)c1cccc(-c2ncccn2)c1. The molecule has 0 spiro atoms. The molecule has 26 heavy (non-hydrogen) atoms. The fourth-order valence-corrected chi connectivity index (χ4v) is 2.48. The van der Waals surface area contributed by atoms with Crippen LogP contribution in [0.2, 0.25) is 0 Å². The van der Waals surface area contributed by atoms with Gasteiger partial charge >= 0.3 is 0 Å². The molecule has 8 nitrogen and oxygen atoms in total. The molecule has 126 valence electrons. The summed E-state index contributed by atoms with van der Waals surface area (Å²) in [6.45, 7) is 0. The predicted octanol–water partition coefficient (Wildman–Crippen LogP) is 2.58. The van der Waals surface area contributed by atoms with Crippen LogP contribution in [0.1, 0.15) is 10.4 Å². The monoisotopic (exact) mass is 343 g/mol. The molecule has 0 radical (unpaired) electrons. The molecule has 4 rings (SSSR count). The van der Waals surface area contributed by atoms with E-state index < -0.39 is 0 Å². The first-order valence-electron chi connectivity index (χ1n) is 7.82. The summed E-state index contributed by atoms with van der Waals surface area (Å²) in [5.41, 5.74) is 2.71. The summed E-state index contributed by atoms with van der Waals surface area (Å²) in [5.74, 6) is 0.877. The maximum Gasteiger partial charge on any atom is 0.255 e. The molecule has 0 aliphatic heterocycles. The van der Waals surface area contributed by atoms with Gasteiger partial charge in [-0.25, -0.2) is 15.1 Å². The van der Waals surface area contributed by atoms with Gasteiger partial charge < -0.3 is 5.32 Å². The van der Waals surface area contributed by atoms with E-state index in [0.717, 1.165) is 11.1 Å². The Labute approximate surface area is 148 Å². The first-order chi connectivity index (χ1) is 12.8. The molecule has 0 aliphatic carbocycles. The van der Waals surface area contributed by atoms with E-state index in [1.807, 2.05) is 18.2 Å². The van der Waals surface area contributed by atoms with Crippen molar-refractivity contribution in [1.29, 1.82) is 0 Å². The highest BCUT2D eigenvalue weighted by atomic mass is 16.1. The van der Waals surface area contributed by atoms with Crippen molar-refractivity contribution in [3.05, 3.63) is 72.6 Å². The van der Waals surface area contributed by atoms with E-state index in [1.165, 1.54) is 0 Å². The Balaban J connectivity index is 1.57. The largest absolute Gasteiger partial charge is 0.322 e. The average molecular weight is 343 g/mol. The minimum Gasteiger partial charge on any atom is -0.322 e. The number of nitrogens with zero attached hydrogens (tertiary/aromatic N) is 5. The highest BCUT2D eigenvalue weighted by Gasteiger charge is 2.10. The van der Waals surface area contributed by atoms with E-state index >= 15 is 0 Å². The van der Waals surface area contributed by atoms with Gasteiger partial charge in [0.1, 0.15) is 0 Å². The number of hydrogen-bond donors (Lipinski definition) is 2. The molecule has 1 amide bonds. The second-order valence-corrected chi connectivity index (χ2v) is 5.44. The van der Waals surface area contributed by atoms with Gasteiger partial charge in [-0.3, -0.25) is 4.79 Å². The van der Waals surface area contributed by atoms with E-state index in [0.29, 0.717) is 22.9 Å². The first kappa shape index (κ1) is 15.6. The third kappa shape index (κ3) is 3.29. The van der Waals surface area contributed by atoms with E-state index in [9.17, 15) is 4.79 Å². The summed E-state index contributed by atoms with van der Waals surface area (Å²) in [4.78, 5) is 21.0. The summed E-state index contributed by atoms with van der Waals surface area (Å²) in [7, 11) is 0. The number of aromatic amines is 1. The number of carbonyl (C=O) groups is 1. The standard InChI is InChI=1S/C18H13N7O/c26-18(14-6-1-4-12(10-14)16-19-8-3-9-20-16)21-15-7-2-5-13(11-15)17-22-24-25-23-17/h1-11H,(H,21,26)(H,22,23,24,25). The van der Waals surface area contributed by atoms with Gasteiger partial charge in [0.05, 0.1) is 0 Å². The molecule has 0 atom stereocenters. The van der Waals surface area contributed by atoms with Gasteiger partial charge in [0.25, 0.3) is 5.91 Å². The summed E-state index contributed by atoms with van der Waals surface area (Å²) < 4.78 is 0. The Kier molecular flexibility index (Phi) is 4.13. The molecule has 2 N–H and O–H groups in total. The van der Waals surface area contributed by atoms with Crippen molar-refractivity contribution >= 4 is 11.6 Å². The van der Waals surface area contributed by atoms with Crippen LogP contribution in [-0.4, -0.2) is 36.5 Å². The van der Waals surface area contributed by atoms with Gasteiger partial charge in [-0.05, 0) is 40.8 Å². The number of nitrogens with one attached hydrogen (secondary N) is 2. The van der Waals surface area contributed by atoms with Gasteiger partial charge in [-0.15, -0.1) is 5.10 Å². The lowest BCUT2D eigenvalue weighted by Crippen LogP contribution is -2.12. The zero-order chi connectivity index (χ0) is 17.8. The van der Waals surface area contributed by atoms with Crippen molar-refractivity contribution < 1.29 is 4.79 Å². The van der Waals surface area contributed by atoms with Gasteiger partial charge in [0, 0.05) is 34.8 Å². The van der Waals surface area contributed by atoms with Crippen LogP contribution in [0.5, 0.6) is 0 Å². The van der Waals surface area contributed by atoms with E-state index in [2.05, 4.69) is 35.9 Å². The van der Waals surface area contributed by atoms with Crippen LogP contribution in [-0.2, 0) is 0 Å². The minimum atomic E-state index is -0.226. The Morgan fingerprint density at radius 3 is 2.54 bits per heavy atom. The molecular weight excluding hydrogens is 330 g/mol. The second-order valence-electron chi connectivity index (χ2n) is 5.44. The molecular formula is C18H13N7O. The summed E-state index contributed by atoms with van der Waals surface area (Å²) in [6, 6.07) is 16.2. The van der Waals surface area contributed by atoms with Crippen LogP contribution in [0, 0.1) is 0 Å². The lowest BCUT2D eigenvalue weighted by atomic mass is 10.1. The number of benzene rings is 2. The Morgan fingerprint density at radius 2 is 1.73 bits per heavy atom. The molecule has 8 heteroatoms. The normalized spacial score (nSPS) is 10.5. The fraction of sp³-hybridized carbons (Fsp3) is 0. The van der Waals surface area contributed by atoms with E-state index in [1.54, 1.807) is 48.8 Å². The third-order valence-electron chi connectivity index (χ3n) is 3.69. The Bertz CT molecular complexity index is 1030. The summed E-state index contributed by atoms with van der Waals surface area (Å²) >= 11 is 0. The van der Waals surface area contributed by atoms with Crippen LogP contribution in [0.4, 0.5) is 5.69 Å². The maximum absolute atomic E-state index is 12.6. The number of aromatic nitrogens is 6. The lowest BCUT2D eigenvalue weighted by Gasteiger charge is -2.07. The molecule has 0 saturated carbocycles. The molecule has 2 heterocycles. The quantitative estimate of drug-likeness (QED) is 0.589. The second kappa shape index (κ2) is 6.89. The number of tetrazole rings is 1. The predicted molar refractivity (Wildman–Crippen MR) is 95.0 cm³/mol.